The lowest BCUT2D eigenvalue weighted by atomic mass is 9.95. The fourth-order valence-electron chi connectivity index (χ4n) is 3.82. The van der Waals surface area contributed by atoms with Gasteiger partial charge >= 0.3 is 0 Å². The fourth-order valence-corrected chi connectivity index (χ4v) is 3.82. The van der Waals surface area contributed by atoms with Crippen LogP contribution in [0.3, 0.4) is 0 Å². The van der Waals surface area contributed by atoms with E-state index < -0.39 is 0 Å². The number of aromatic nitrogens is 1. The van der Waals surface area contributed by atoms with Gasteiger partial charge in [0.05, 0.1) is 17.6 Å². The van der Waals surface area contributed by atoms with Crippen molar-refractivity contribution in [1.82, 2.24) is 9.88 Å². The topological polar surface area (TPSA) is 65.2 Å². The average molecular weight is 361 g/mol. The van der Waals surface area contributed by atoms with Crippen LogP contribution in [-0.4, -0.2) is 35.3 Å². The Kier molecular flexibility index (Phi) is 4.67. The van der Waals surface area contributed by atoms with Gasteiger partial charge in [0.2, 0.25) is 5.91 Å². The number of anilines is 1. The third-order valence-electron chi connectivity index (χ3n) is 5.15. The predicted octanol–water partition coefficient (Wildman–Crippen LogP) is 3.76. The lowest BCUT2D eigenvalue weighted by molar-refractivity contribution is -0.116. The van der Waals surface area contributed by atoms with Gasteiger partial charge in [-0.3, -0.25) is 9.59 Å². The molecule has 0 aliphatic heterocycles. The van der Waals surface area contributed by atoms with E-state index in [9.17, 15) is 9.59 Å². The van der Waals surface area contributed by atoms with E-state index in [2.05, 4.69) is 16.4 Å². The van der Waals surface area contributed by atoms with Crippen molar-refractivity contribution in [2.24, 2.45) is 0 Å². The summed E-state index contributed by atoms with van der Waals surface area (Å²) in [6, 6.07) is 15.1. The largest absolute Gasteiger partial charge is 0.358 e. The van der Waals surface area contributed by atoms with Gasteiger partial charge in [0.1, 0.15) is 0 Å². The molecule has 1 aliphatic rings. The molecule has 27 heavy (non-hydrogen) atoms. The molecule has 0 fully saturated rings. The number of benzene rings is 2. The van der Waals surface area contributed by atoms with E-state index in [0.717, 1.165) is 29.4 Å². The maximum Gasteiger partial charge on any atom is 0.256 e. The van der Waals surface area contributed by atoms with Crippen LogP contribution in [0.4, 0.5) is 5.69 Å². The zero-order valence-electron chi connectivity index (χ0n) is 15.4. The predicted molar refractivity (Wildman–Crippen MR) is 107 cm³/mol. The van der Waals surface area contributed by atoms with Crippen LogP contribution in [0, 0.1) is 0 Å². The summed E-state index contributed by atoms with van der Waals surface area (Å²) >= 11 is 0. The van der Waals surface area contributed by atoms with E-state index in [1.807, 2.05) is 42.5 Å². The Morgan fingerprint density at radius 2 is 1.81 bits per heavy atom. The summed E-state index contributed by atoms with van der Waals surface area (Å²) in [4.78, 5) is 30.2. The SMILES string of the molecule is CN(CC(=O)Nc1ccccc1)C(=O)c1cccc2c3c([nH]c12)CCCC3. The van der Waals surface area contributed by atoms with Crippen molar-refractivity contribution in [3.63, 3.8) is 0 Å². The molecule has 3 aromatic rings. The summed E-state index contributed by atoms with van der Waals surface area (Å²) in [5, 5.41) is 3.95. The molecule has 0 radical (unpaired) electrons. The number of carbonyl (C=O) groups excluding carboxylic acids is 2. The molecule has 1 heterocycles. The van der Waals surface area contributed by atoms with Crippen molar-refractivity contribution in [2.75, 3.05) is 18.9 Å². The van der Waals surface area contributed by atoms with Gasteiger partial charge in [-0.15, -0.1) is 0 Å². The van der Waals surface area contributed by atoms with Crippen molar-refractivity contribution in [1.29, 1.82) is 0 Å². The van der Waals surface area contributed by atoms with Gasteiger partial charge in [-0.2, -0.15) is 0 Å². The molecule has 0 atom stereocenters. The number of likely N-dealkylation sites (N-methyl/N-ethyl adjacent to an activating group) is 1. The highest BCUT2D eigenvalue weighted by Crippen LogP contribution is 2.31. The number of amides is 2. The Hall–Kier alpha value is -3.08. The Balaban J connectivity index is 1.53. The van der Waals surface area contributed by atoms with E-state index in [0.29, 0.717) is 5.56 Å². The number of aryl methyl sites for hydroxylation is 2. The molecular formula is C22H23N3O2. The zero-order valence-corrected chi connectivity index (χ0v) is 15.4. The number of aromatic amines is 1. The normalized spacial score (nSPS) is 13.2. The van der Waals surface area contributed by atoms with E-state index in [-0.39, 0.29) is 18.4 Å². The van der Waals surface area contributed by atoms with E-state index >= 15 is 0 Å². The molecule has 0 saturated carbocycles. The molecule has 2 N–H and O–H groups in total. The molecule has 1 aromatic heterocycles. The number of fused-ring (bicyclic) bond motifs is 3. The number of nitrogens with one attached hydrogen (secondary N) is 2. The summed E-state index contributed by atoms with van der Waals surface area (Å²) < 4.78 is 0. The molecule has 0 bridgehead atoms. The summed E-state index contributed by atoms with van der Waals surface area (Å²) in [6.45, 7) is 0.00450. The lowest BCUT2D eigenvalue weighted by Crippen LogP contribution is -2.35. The first-order valence-electron chi connectivity index (χ1n) is 9.36. The second-order valence-corrected chi connectivity index (χ2v) is 7.09. The second-order valence-electron chi connectivity index (χ2n) is 7.09. The highest BCUT2D eigenvalue weighted by molar-refractivity contribution is 6.08. The first kappa shape index (κ1) is 17.3. The minimum Gasteiger partial charge on any atom is -0.358 e. The van der Waals surface area contributed by atoms with Gasteiger partial charge in [0.15, 0.2) is 0 Å². The van der Waals surface area contributed by atoms with Crippen LogP contribution in [0.25, 0.3) is 10.9 Å². The van der Waals surface area contributed by atoms with Gasteiger partial charge in [0, 0.05) is 23.8 Å². The third kappa shape index (κ3) is 3.45. The summed E-state index contributed by atoms with van der Waals surface area (Å²) in [6.07, 6.45) is 4.47. The third-order valence-corrected chi connectivity index (χ3v) is 5.15. The van der Waals surface area contributed by atoms with Crippen molar-refractivity contribution in [3.05, 3.63) is 65.4 Å². The van der Waals surface area contributed by atoms with Gasteiger partial charge in [0.25, 0.3) is 5.91 Å². The van der Waals surface area contributed by atoms with Crippen LogP contribution in [0.15, 0.2) is 48.5 Å². The Morgan fingerprint density at radius 3 is 2.63 bits per heavy atom. The Labute approximate surface area is 158 Å². The van der Waals surface area contributed by atoms with Crippen LogP contribution in [0.1, 0.15) is 34.5 Å². The molecule has 0 spiro atoms. The van der Waals surface area contributed by atoms with Gasteiger partial charge < -0.3 is 15.2 Å². The first-order chi connectivity index (χ1) is 13.1. The van der Waals surface area contributed by atoms with Crippen LogP contribution in [0.2, 0.25) is 0 Å². The summed E-state index contributed by atoms with van der Waals surface area (Å²) in [7, 11) is 1.66. The van der Waals surface area contributed by atoms with E-state index in [1.54, 1.807) is 7.05 Å². The van der Waals surface area contributed by atoms with Gasteiger partial charge in [-0.05, 0) is 49.4 Å². The first-order valence-corrected chi connectivity index (χ1v) is 9.36. The number of para-hydroxylation sites is 2. The van der Waals surface area contributed by atoms with Crippen LogP contribution >= 0.6 is 0 Å². The Morgan fingerprint density at radius 1 is 1.04 bits per heavy atom. The maximum atomic E-state index is 13.0. The van der Waals surface area contributed by atoms with Crippen molar-refractivity contribution in [3.8, 4) is 0 Å². The molecule has 2 aromatic carbocycles. The van der Waals surface area contributed by atoms with Crippen molar-refractivity contribution >= 4 is 28.4 Å². The average Bonchev–Trinajstić information content (AvgIpc) is 3.07. The number of rotatable bonds is 4. The monoisotopic (exact) mass is 361 g/mol. The molecule has 0 unspecified atom stereocenters. The molecule has 5 nitrogen and oxygen atoms in total. The number of hydrogen-bond donors (Lipinski definition) is 2. The number of H-pyrrole nitrogens is 1. The smallest absolute Gasteiger partial charge is 0.256 e. The fraction of sp³-hybridized carbons (Fsp3) is 0.273. The quantitative estimate of drug-likeness (QED) is 0.743. The summed E-state index contributed by atoms with van der Waals surface area (Å²) in [5.74, 6) is -0.364. The van der Waals surface area contributed by atoms with Gasteiger partial charge in [-0.25, -0.2) is 0 Å². The minimum atomic E-state index is -0.213. The summed E-state index contributed by atoms with van der Waals surface area (Å²) in [5.41, 5.74) is 4.83. The molecule has 0 saturated heterocycles. The lowest BCUT2D eigenvalue weighted by Gasteiger charge is -2.17. The molecule has 2 amide bonds. The van der Waals surface area contributed by atoms with Gasteiger partial charge in [-0.1, -0.05) is 30.3 Å². The molecule has 138 valence electrons. The minimum absolute atomic E-state index is 0.00450. The molecule has 1 aliphatic carbocycles. The Bertz CT molecular complexity index is 991. The van der Waals surface area contributed by atoms with Crippen molar-refractivity contribution in [2.45, 2.75) is 25.7 Å². The standard InChI is InChI=1S/C22H23N3O2/c1-25(14-20(26)23-15-8-3-2-4-9-15)22(27)18-12-7-11-17-16-10-5-6-13-19(16)24-21(17)18/h2-4,7-9,11-12,24H,5-6,10,13-14H2,1H3,(H,23,26). The molecule has 5 heteroatoms. The molecule has 4 rings (SSSR count). The maximum absolute atomic E-state index is 13.0. The van der Waals surface area contributed by atoms with Crippen LogP contribution in [0.5, 0.6) is 0 Å². The molecular weight excluding hydrogens is 338 g/mol. The van der Waals surface area contributed by atoms with Crippen LogP contribution in [-0.2, 0) is 17.6 Å². The highest BCUT2D eigenvalue weighted by atomic mass is 16.2. The number of carbonyl (C=O) groups is 2. The zero-order chi connectivity index (χ0) is 18.8. The van der Waals surface area contributed by atoms with E-state index in [1.165, 1.54) is 29.0 Å². The van der Waals surface area contributed by atoms with Crippen molar-refractivity contribution < 1.29 is 9.59 Å². The van der Waals surface area contributed by atoms with Crippen LogP contribution < -0.4 is 5.32 Å². The van der Waals surface area contributed by atoms with E-state index in [4.69, 9.17) is 0 Å². The second kappa shape index (κ2) is 7.27. The highest BCUT2D eigenvalue weighted by Gasteiger charge is 2.22. The number of hydrogen-bond acceptors (Lipinski definition) is 2. The number of nitrogens with zero attached hydrogens (tertiary/aromatic N) is 1.